The van der Waals surface area contributed by atoms with Gasteiger partial charge in [-0.05, 0) is 24.6 Å². The van der Waals surface area contributed by atoms with Gasteiger partial charge in [-0.15, -0.1) is 0 Å². The summed E-state index contributed by atoms with van der Waals surface area (Å²) < 4.78 is 12.7. The highest BCUT2D eigenvalue weighted by Gasteiger charge is 2.37. The van der Waals surface area contributed by atoms with E-state index >= 15 is 0 Å². The van der Waals surface area contributed by atoms with E-state index in [1.54, 1.807) is 47.4 Å². The number of hydrogen-bond donors (Lipinski definition) is 0. The molecule has 2 aliphatic rings. The van der Waals surface area contributed by atoms with Gasteiger partial charge in [-0.25, -0.2) is 4.68 Å². The molecule has 0 aliphatic carbocycles. The van der Waals surface area contributed by atoms with Gasteiger partial charge in [0.2, 0.25) is 0 Å². The Hall–Kier alpha value is -3.72. The molecule has 0 bridgehead atoms. The van der Waals surface area contributed by atoms with Gasteiger partial charge in [0, 0.05) is 25.0 Å². The molecule has 1 atom stereocenters. The summed E-state index contributed by atoms with van der Waals surface area (Å²) in [5.74, 6) is -0.0964. The van der Waals surface area contributed by atoms with Crippen LogP contribution in [0, 0.1) is 0 Å². The van der Waals surface area contributed by atoms with Gasteiger partial charge in [0.15, 0.2) is 11.8 Å². The number of anilines is 1. The van der Waals surface area contributed by atoms with Gasteiger partial charge >= 0.3 is 0 Å². The summed E-state index contributed by atoms with van der Waals surface area (Å²) in [7, 11) is 0. The Bertz CT molecular complexity index is 1300. The van der Waals surface area contributed by atoms with Gasteiger partial charge in [0.05, 0.1) is 30.8 Å². The number of aryl methyl sites for hydroxylation is 1. The van der Waals surface area contributed by atoms with Crippen LogP contribution in [0.4, 0.5) is 5.69 Å². The molecule has 2 aliphatic heterocycles. The molecule has 3 heterocycles. The van der Waals surface area contributed by atoms with Gasteiger partial charge < -0.3 is 14.4 Å². The molecule has 9 nitrogen and oxygen atoms in total. The molecule has 3 aromatic rings. The first-order valence-electron chi connectivity index (χ1n) is 11.5. The van der Waals surface area contributed by atoms with E-state index < -0.39 is 6.10 Å². The zero-order chi connectivity index (χ0) is 23.7. The maximum atomic E-state index is 13.9. The lowest BCUT2D eigenvalue weighted by atomic mass is 10.1. The van der Waals surface area contributed by atoms with Crippen LogP contribution in [0.1, 0.15) is 23.8 Å². The van der Waals surface area contributed by atoms with Crippen molar-refractivity contribution in [2.24, 2.45) is 0 Å². The smallest absolute Gasteiger partial charge is 0.279 e. The average Bonchev–Trinajstić information content (AvgIpc) is 2.89. The van der Waals surface area contributed by atoms with Gasteiger partial charge in [-0.1, -0.05) is 37.3 Å². The largest absolute Gasteiger partial charge is 0.476 e. The van der Waals surface area contributed by atoms with Crippen LogP contribution in [0.3, 0.4) is 0 Å². The Kier molecular flexibility index (Phi) is 6.02. The molecule has 0 unspecified atom stereocenters. The molecule has 5 rings (SSSR count). The second-order valence-corrected chi connectivity index (χ2v) is 8.35. The third-order valence-corrected chi connectivity index (χ3v) is 6.12. The van der Waals surface area contributed by atoms with E-state index in [1.165, 1.54) is 9.58 Å². The molecule has 1 aromatic heterocycles. The highest BCUT2D eigenvalue weighted by Crippen LogP contribution is 2.35. The van der Waals surface area contributed by atoms with Gasteiger partial charge in [-0.2, -0.15) is 5.10 Å². The number of carbonyl (C=O) groups is 2. The van der Waals surface area contributed by atoms with E-state index in [1.807, 2.05) is 13.0 Å². The average molecular weight is 463 g/mol. The molecule has 176 valence electrons. The molecule has 1 saturated heterocycles. The Morgan fingerprint density at radius 2 is 1.74 bits per heavy atom. The predicted molar refractivity (Wildman–Crippen MR) is 126 cm³/mol. The zero-order valence-electron chi connectivity index (χ0n) is 19.0. The van der Waals surface area contributed by atoms with Crippen LogP contribution < -0.4 is 15.2 Å². The molecule has 2 amide bonds. The monoisotopic (exact) mass is 462 g/mol. The minimum absolute atomic E-state index is 0.0505. The highest BCUT2D eigenvalue weighted by molar-refractivity contribution is 6.13. The van der Waals surface area contributed by atoms with Crippen molar-refractivity contribution in [3.63, 3.8) is 0 Å². The minimum Gasteiger partial charge on any atom is -0.476 e. The third kappa shape index (κ3) is 3.92. The Labute approximate surface area is 196 Å². The third-order valence-electron chi connectivity index (χ3n) is 6.12. The maximum Gasteiger partial charge on any atom is 0.279 e. The van der Waals surface area contributed by atoms with Crippen molar-refractivity contribution in [2.75, 3.05) is 37.7 Å². The number of fused-ring (bicyclic) bond motifs is 2. The summed E-state index contributed by atoms with van der Waals surface area (Å²) >= 11 is 0. The topological polar surface area (TPSA) is 94.0 Å². The van der Waals surface area contributed by atoms with E-state index in [2.05, 4.69) is 5.10 Å². The lowest BCUT2D eigenvalue weighted by Gasteiger charge is -2.37. The summed E-state index contributed by atoms with van der Waals surface area (Å²) in [6.45, 7) is 4.34. The van der Waals surface area contributed by atoms with Crippen molar-refractivity contribution >= 4 is 28.3 Å². The molecule has 0 spiro atoms. The lowest BCUT2D eigenvalue weighted by Crippen LogP contribution is -2.54. The molecule has 34 heavy (non-hydrogen) atoms. The Morgan fingerprint density at radius 1 is 1.03 bits per heavy atom. The zero-order valence-corrected chi connectivity index (χ0v) is 19.0. The number of benzene rings is 2. The standard InChI is InChI=1S/C25H26N4O5/c1-2-11-29-23(30)18-8-4-3-7-17(18)22(26-29)25(32)28-16-21(24(31)27-12-14-33-15-13-27)34-20-10-6-5-9-19(20)28/h3-10,21H,2,11-16H2,1H3/t21-/m0/s1. The molecule has 2 aromatic carbocycles. The van der Waals surface area contributed by atoms with Crippen LogP contribution in [-0.4, -0.2) is 65.4 Å². The van der Waals surface area contributed by atoms with Crippen LogP contribution in [0.5, 0.6) is 5.75 Å². The molecular weight excluding hydrogens is 436 g/mol. The number of rotatable bonds is 4. The molecule has 0 saturated carbocycles. The lowest BCUT2D eigenvalue weighted by molar-refractivity contribution is -0.142. The summed E-state index contributed by atoms with van der Waals surface area (Å²) in [6, 6.07) is 14.1. The molecule has 9 heteroatoms. The second-order valence-electron chi connectivity index (χ2n) is 8.35. The first-order valence-corrected chi connectivity index (χ1v) is 11.5. The maximum absolute atomic E-state index is 13.9. The quantitative estimate of drug-likeness (QED) is 0.589. The van der Waals surface area contributed by atoms with E-state index in [0.29, 0.717) is 61.5 Å². The number of carbonyl (C=O) groups excluding carboxylic acids is 2. The molecule has 0 radical (unpaired) electrons. The van der Waals surface area contributed by atoms with Crippen molar-refractivity contribution in [3.8, 4) is 5.75 Å². The number of para-hydroxylation sites is 2. The Morgan fingerprint density at radius 3 is 2.50 bits per heavy atom. The Balaban J connectivity index is 1.56. The fourth-order valence-electron chi connectivity index (χ4n) is 4.43. The number of hydrogen-bond acceptors (Lipinski definition) is 6. The van der Waals surface area contributed by atoms with Crippen molar-refractivity contribution < 1.29 is 19.1 Å². The van der Waals surface area contributed by atoms with E-state index in [4.69, 9.17) is 9.47 Å². The number of nitrogens with zero attached hydrogens (tertiary/aromatic N) is 4. The van der Waals surface area contributed by atoms with Crippen LogP contribution in [-0.2, 0) is 16.1 Å². The van der Waals surface area contributed by atoms with Gasteiger partial charge in [0.1, 0.15) is 5.75 Å². The van der Waals surface area contributed by atoms with Crippen molar-refractivity contribution in [1.82, 2.24) is 14.7 Å². The van der Waals surface area contributed by atoms with Crippen molar-refractivity contribution in [2.45, 2.75) is 26.0 Å². The van der Waals surface area contributed by atoms with Gasteiger partial charge in [-0.3, -0.25) is 19.3 Å². The summed E-state index contributed by atoms with van der Waals surface area (Å²) in [6.07, 6.45) is -0.139. The van der Waals surface area contributed by atoms with Crippen LogP contribution >= 0.6 is 0 Å². The fourth-order valence-corrected chi connectivity index (χ4v) is 4.43. The number of amides is 2. The fraction of sp³-hybridized carbons (Fsp3) is 0.360. The molecule has 1 fully saturated rings. The van der Waals surface area contributed by atoms with E-state index in [-0.39, 0.29) is 29.6 Å². The summed E-state index contributed by atoms with van der Waals surface area (Å²) in [5.41, 5.74) is 0.521. The number of morpholine rings is 1. The minimum atomic E-state index is -0.843. The number of aromatic nitrogens is 2. The normalized spacial score (nSPS) is 17.9. The SMILES string of the molecule is CCCn1nc(C(=O)N2C[C@@H](C(=O)N3CCOCC3)Oc3ccccc32)c2ccccc2c1=O. The number of ether oxygens (including phenoxy) is 2. The first kappa shape index (κ1) is 22.1. The molecule has 0 N–H and O–H groups in total. The van der Waals surface area contributed by atoms with Crippen LogP contribution in [0.15, 0.2) is 53.3 Å². The van der Waals surface area contributed by atoms with Crippen LogP contribution in [0.2, 0.25) is 0 Å². The summed E-state index contributed by atoms with van der Waals surface area (Å²) in [4.78, 5) is 43.3. The van der Waals surface area contributed by atoms with E-state index in [0.717, 1.165) is 0 Å². The van der Waals surface area contributed by atoms with E-state index in [9.17, 15) is 14.4 Å². The van der Waals surface area contributed by atoms with Gasteiger partial charge in [0.25, 0.3) is 17.4 Å². The van der Waals surface area contributed by atoms with Crippen molar-refractivity contribution in [1.29, 1.82) is 0 Å². The first-order chi connectivity index (χ1) is 16.6. The van der Waals surface area contributed by atoms with Crippen LogP contribution in [0.25, 0.3) is 10.8 Å². The second kappa shape index (κ2) is 9.26. The highest BCUT2D eigenvalue weighted by atomic mass is 16.5. The van der Waals surface area contributed by atoms with Crippen molar-refractivity contribution in [3.05, 3.63) is 64.6 Å². The predicted octanol–water partition coefficient (Wildman–Crippen LogP) is 2.07. The summed E-state index contributed by atoms with van der Waals surface area (Å²) in [5, 5.41) is 5.39. The molecular formula is C25H26N4O5.